The third kappa shape index (κ3) is 3.01. The van der Waals surface area contributed by atoms with E-state index in [9.17, 15) is 14.9 Å². The second kappa shape index (κ2) is 5.68. The summed E-state index contributed by atoms with van der Waals surface area (Å²) in [4.78, 5) is 25.9. The van der Waals surface area contributed by atoms with E-state index in [1.165, 1.54) is 18.0 Å². The molecule has 0 aliphatic heterocycles. The fourth-order valence-electron chi connectivity index (χ4n) is 1.90. The van der Waals surface area contributed by atoms with Crippen molar-refractivity contribution in [3.8, 4) is 0 Å². The largest absolute Gasteiger partial charge is 0.467 e. The van der Waals surface area contributed by atoms with Gasteiger partial charge in [-0.05, 0) is 23.3 Å². The summed E-state index contributed by atoms with van der Waals surface area (Å²) in [5.41, 5.74) is -1.03. The molecule has 1 atom stereocenters. The number of esters is 1. The Hall–Kier alpha value is -2.12. The molecule has 8 nitrogen and oxygen atoms in total. The fourth-order valence-corrected chi connectivity index (χ4v) is 1.90. The van der Waals surface area contributed by atoms with Crippen molar-refractivity contribution in [2.45, 2.75) is 32.2 Å². The Morgan fingerprint density at radius 3 is 2.79 bits per heavy atom. The summed E-state index contributed by atoms with van der Waals surface area (Å²) in [7, 11) is 2.90. The Kier molecular flexibility index (Phi) is 4.47. The van der Waals surface area contributed by atoms with Crippen molar-refractivity contribution in [1.82, 2.24) is 9.55 Å². The lowest BCUT2D eigenvalue weighted by Crippen LogP contribution is -2.44. The number of nitrogens with one attached hydrogen (secondary N) is 1. The molecule has 19 heavy (non-hydrogen) atoms. The highest BCUT2D eigenvalue weighted by Gasteiger charge is 2.36. The van der Waals surface area contributed by atoms with Crippen LogP contribution >= 0.6 is 0 Å². The molecule has 0 amide bonds. The molecule has 0 saturated carbocycles. The minimum absolute atomic E-state index is 0.186. The lowest BCUT2D eigenvalue weighted by atomic mass is 9.96. The molecule has 1 aromatic rings. The SMILES string of the molecule is CCCC(C)(Nc1c([N+](=O)[O-])ncn1C)C(=O)OC. The van der Waals surface area contributed by atoms with Gasteiger partial charge in [-0.1, -0.05) is 13.3 Å². The van der Waals surface area contributed by atoms with Crippen molar-refractivity contribution in [3.63, 3.8) is 0 Å². The molecule has 0 aromatic carbocycles. The van der Waals surface area contributed by atoms with Gasteiger partial charge in [-0.25, -0.2) is 4.79 Å². The van der Waals surface area contributed by atoms with Crippen LogP contribution in [0.25, 0.3) is 0 Å². The van der Waals surface area contributed by atoms with Crippen molar-refractivity contribution in [2.75, 3.05) is 12.4 Å². The van der Waals surface area contributed by atoms with Gasteiger partial charge in [0.25, 0.3) is 0 Å². The van der Waals surface area contributed by atoms with Gasteiger partial charge in [-0.3, -0.25) is 4.57 Å². The van der Waals surface area contributed by atoms with E-state index in [0.717, 1.165) is 6.42 Å². The minimum Gasteiger partial charge on any atom is -0.467 e. The highest BCUT2D eigenvalue weighted by molar-refractivity contribution is 5.84. The Labute approximate surface area is 110 Å². The maximum atomic E-state index is 11.9. The topological polar surface area (TPSA) is 99.3 Å². The maximum Gasteiger partial charge on any atom is 0.406 e. The van der Waals surface area contributed by atoms with E-state index in [4.69, 9.17) is 4.74 Å². The standard InChI is InChI=1S/C11H18N4O4/c1-5-6-11(2,10(16)19-4)13-9-8(15(17)18)12-7-14(9)3/h7,13H,5-6H2,1-4H3. The third-order valence-corrected chi connectivity index (χ3v) is 2.87. The summed E-state index contributed by atoms with van der Waals surface area (Å²) in [5, 5.41) is 13.8. The number of ether oxygens (including phenoxy) is 1. The zero-order valence-corrected chi connectivity index (χ0v) is 11.5. The van der Waals surface area contributed by atoms with Crippen molar-refractivity contribution >= 4 is 17.6 Å². The summed E-state index contributed by atoms with van der Waals surface area (Å²) in [5.74, 6) is -0.593. The molecule has 0 fully saturated rings. The number of carbonyl (C=O) groups is 1. The number of rotatable bonds is 6. The van der Waals surface area contributed by atoms with Gasteiger partial charge in [0.2, 0.25) is 12.1 Å². The fraction of sp³-hybridized carbons (Fsp3) is 0.636. The van der Waals surface area contributed by atoms with Crippen molar-refractivity contribution in [3.05, 3.63) is 16.4 Å². The molecule has 8 heteroatoms. The number of hydrogen-bond acceptors (Lipinski definition) is 6. The van der Waals surface area contributed by atoms with Crippen LogP contribution in [0.4, 0.5) is 11.6 Å². The van der Waals surface area contributed by atoms with Gasteiger partial charge in [-0.15, -0.1) is 0 Å². The number of aromatic nitrogens is 2. The van der Waals surface area contributed by atoms with Crippen LogP contribution in [0.3, 0.4) is 0 Å². The van der Waals surface area contributed by atoms with Gasteiger partial charge in [-0.2, -0.15) is 0 Å². The van der Waals surface area contributed by atoms with E-state index >= 15 is 0 Å². The quantitative estimate of drug-likeness (QED) is 0.477. The van der Waals surface area contributed by atoms with Crippen molar-refractivity contribution in [1.29, 1.82) is 0 Å². The molecule has 0 spiro atoms. The molecule has 0 aliphatic rings. The van der Waals surface area contributed by atoms with E-state index in [-0.39, 0.29) is 11.6 Å². The molecule has 1 N–H and O–H groups in total. The molecular weight excluding hydrogens is 252 g/mol. The van der Waals surface area contributed by atoms with Crippen LogP contribution in [0.1, 0.15) is 26.7 Å². The van der Waals surface area contributed by atoms with E-state index in [1.54, 1.807) is 14.0 Å². The first-order valence-corrected chi connectivity index (χ1v) is 5.88. The summed E-state index contributed by atoms with van der Waals surface area (Å²) in [6, 6.07) is 0. The Morgan fingerprint density at radius 1 is 1.68 bits per heavy atom. The Bertz CT molecular complexity index is 485. The zero-order valence-electron chi connectivity index (χ0n) is 11.5. The normalized spacial score (nSPS) is 13.7. The molecule has 1 unspecified atom stereocenters. The monoisotopic (exact) mass is 270 g/mol. The van der Waals surface area contributed by atoms with Crippen LogP contribution in [0.15, 0.2) is 6.33 Å². The first kappa shape index (κ1) is 14.9. The number of hydrogen-bond donors (Lipinski definition) is 1. The molecule has 0 aliphatic carbocycles. The smallest absolute Gasteiger partial charge is 0.406 e. The zero-order chi connectivity index (χ0) is 14.6. The first-order chi connectivity index (χ1) is 8.85. The average Bonchev–Trinajstić information content (AvgIpc) is 2.70. The second-order valence-corrected chi connectivity index (χ2v) is 4.48. The molecule has 0 radical (unpaired) electrons. The van der Waals surface area contributed by atoms with Crippen molar-refractivity contribution < 1.29 is 14.5 Å². The van der Waals surface area contributed by atoms with Crippen LogP contribution in [0, 0.1) is 10.1 Å². The number of methoxy groups -OCH3 is 1. The van der Waals surface area contributed by atoms with Crippen LogP contribution in [0.2, 0.25) is 0 Å². The summed E-state index contributed by atoms with van der Waals surface area (Å²) >= 11 is 0. The number of aryl methyl sites for hydroxylation is 1. The summed E-state index contributed by atoms with van der Waals surface area (Å²) in [6.07, 6.45) is 2.54. The van der Waals surface area contributed by atoms with E-state index < -0.39 is 16.4 Å². The highest BCUT2D eigenvalue weighted by Crippen LogP contribution is 2.27. The first-order valence-electron chi connectivity index (χ1n) is 5.88. The molecular formula is C11H18N4O4. The Balaban J connectivity index is 3.13. The third-order valence-electron chi connectivity index (χ3n) is 2.87. The minimum atomic E-state index is -1.03. The number of carbonyl (C=O) groups excluding carboxylic acids is 1. The van der Waals surface area contributed by atoms with E-state index in [1.807, 2.05) is 6.92 Å². The predicted molar refractivity (Wildman–Crippen MR) is 68.8 cm³/mol. The molecule has 0 saturated heterocycles. The van der Waals surface area contributed by atoms with Gasteiger partial charge in [0, 0.05) is 7.05 Å². The molecule has 106 valence electrons. The van der Waals surface area contributed by atoms with Crippen LogP contribution in [-0.4, -0.2) is 33.1 Å². The highest BCUT2D eigenvalue weighted by atomic mass is 16.6. The van der Waals surface area contributed by atoms with Gasteiger partial charge in [0.05, 0.1) is 7.11 Å². The molecule has 0 bridgehead atoms. The summed E-state index contributed by atoms with van der Waals surface area (Å²) in [6.45, 7) is 3.57. The lowest BCUT2D eigenvalue weighted by molar-refractivity contribution is -0.388. The van der Waals surface area contributed by atoms with Gasteiger partial charge in [0.1, 0.15) is 5.54 Å². The number of nitrogens with zero attached hydrogens (tertiary/aromatic N) is 3. The van der Waals surface area contributed by atoms with Gasteiger partial charge < -0.3 is 20.2 Å². The lowest BCUT2D eigenvalue weighted by Gasteiger charge is -2.28. The number of nitro groups is 1. The van der Waals surface area contributed by atoms with Crippen molar-refractivity contribution in [2.24, 2.45) is 7.05 Å². The summed E-state index contributed by atoms with van der Waals surface area (Å²) < 4.78 is 6.22. The molecule has 1 rings (SSSR count). The van der Waals surface area contributed by atoms with Gasteiger partial charge in [0.15, 0.2) is 0 Å². The average molecular weight is 270 g/mol. The second-order valence-electron chi connectivity index (χ2n) is 4.48. The number of anilines is 1. The number of imidazole rings is 1. The van der Waals surface area contributed by atoms with Crippen LogP contribution in [-0.2, 0) is 16.6 Å². The Morgan fingerprint density at radius 2 is 2.32 bits per heavy atom. The molecule has 1 aromatic heterocycles. The van der Waals surface area contributed by atoms with E-state index in [2.05, 4.69) is 10.3 Å². The van der Waals surface area contributed by atoms with Gasteiger partial charge >= 0.3 is 11.8 Å². The maximum absolute atomic E-state index is 11.9. The van der Waals surface area contributed by atoms with E-state index in [0.29, 0.717) is 6.42 Å². The molecule has 1 heterocycles. The van der Waals surface area contributed by atoms with Crippen LogP contribution in [0.5, 0.6) is 0 Å². The van der Waals surface area contributed by atoms with Crippen LogP contribution < -0.4 is 5.32 Å². The predicted octanol–water partition coefficient (Wildman–Crippen LogP) is 1.47.